The minimum absolute atomic E-state index is 0.175. The zero-order valence-corrected chi connectivity index (χ0v) is 16.2. The van der Waals surface area contributed by atoms with Crippen molar-refractivity contribution >= 4 is 24.6 Å². The topological polar surface area (TPSA) is 103 Å². The first-order valence-electron chi connectivity index (χ1n) is 9.43. The summed E-state index contributed by atoms with van der Waals surface area (Å²) in [6.45, 7) is 4.63. The van der Waals surface area contributed by atoms with Crippen molar-refractivity contribution < 1.29 is 24.0 Å². The second kappa shape index (κ2) is 6.54. The van der Waals surface area contributed by atoms with Gasteiger partial charge in [-0.15, -0.1) is 0 Å². The van der Waals surface area contributed by atoms with Crippen molar-refractivity contribution in [3.63, 3.8) is 0 Å². The van der Waals surface area contributed by atoms with Crippen LogP contribution in [0, 0.1) is 5.41 Å². The highest BCUT2D eigenvalue weighted by molar-refractivity contribution is 7.45. The molecule has 2 aromatic rings. The lowest BCUT2D eigenvalue weighted by Crippen LogP contribution is -2.53. The van der Waals surface area contributed by atoms with Gasteiger partial charge in [-0.3, -0.25) is 14.3 Å². The normalized spacial score (nSPS) is 27.1. The van der Waals surface area contributed by atoms with Crippen molar-refractivity contribution in [3.05, 3.63) is 35.5 Å². The van der Waals surface area contributed by atoms with Gasteiger partial charge in [-0.2, -0.15) is 0 Å². The van der Waals surface area contributed by atoms with Crippen LogP contribution >= 0.6 is 7.82 Å². The number of nitrogens with zero attached hydrogens (tertiary/aromatic N) is 2. The van der Waals surface area contributed by atoms with E-state index in [1.54, 1.807) is 0 Å². The first-order chi connectivity index (χ1) is 12.7. The number of phosphoric acid groups is 1. The lowest BCUT2D eigenvalue weighted by molar-refractivity contribution is -0.0174. The Hall–Kier alpha value is -1.50. The summed E-state index contributed by atoms with van der Waals surface area (Å²) in [6.07, 6.45) is 5.37. The first kappa shape index (κ1) is 18.8. The van der Waals surface area contributed by atoms with E-state index in [-0.39, 0.29) is 5.41 Å². The molecule has 0 radical (unpaired) electrons. The van der Waals surface area contributed by atoms with Crippen molar-refractivity contribution in [2.24, 2.45) is 5.41 Å². The van der Waals surface area contributed by atoms with E-state index in [1.165, 1.54) is 36.0 Å². The summed E-state index contributed by atoms with van der Waals surface area (Å²) < 4.78 is 11.0. The van der Waals surface area contributed by atoms with E-state index < -0.39 is 7.82 Å². The third kappa shape index (κ3) is 3.08. The highest BCUT2D eigenvalue weighted by Crippen LogP contribution is 2.56. The number of piperidine rings is 1. The van der Waals surface area contributed by atoms with E-state index in [9.17, 15) is 4.79 Å². The molecule has 3 aliphatic heterocycles. The van der Waals surface area contributed by atoms with Crippen molar-refractivity contribution in [1.29, 1.82) is 0 Å². The molecule has 8 heteroatoms. The molecule has 1 fully saturated rings. The Morgan fingerprint density at radius 1 is 1.22 bits per heavy atom. The molecule has 146 valence electrons. The Labute approximate surface area is 157 Å². The Balaban J connectivity index is 0.000000323. The van der Waals surface area contributed by atoms with Crippen molar-refractivity contribution in [2.75, 3.05) is 13.1 Å². The number of aromatic nitrogens is 1. The zero-order valence-electron chi connectivity index (χ0n) is 15.3. The fourth-order valence-corrected chi connectivity index (χ4v) is 5.45. The Morgan fingerprint density at radius 2 is 1.93 bits per heavy atom. The van der Waals surface area contributed by atoms with Gasteiger partial charge in [0.15, 0.2) is 0 Å². The second-order valence-corrected chi connectivity index (χ2v) is 8.83. The molecule has 2 atom stereocenters. The van der Waals surface area contributed by atoms with E-state index in [2.05, 4.69) is 40.7 Å². The lowest BCUT2D eigenvalue weighted by Gasteiger charge is -2.54. The molecule has 0 bridgehead atoms. The van der Waals surface area contributed by atoms with E-state index in [0.717, 1.165) is 31.3 Å². The Morgan fingerprint density at radius 3 is 2.63 bits per heavy atom. The van der Waals surface area contributed by atoms with Crippen LogP contribution in [0.1, 0.15) is 54.7 Å². The number of fused-ring (bicyclic) bond motifs is 3. The molecule has 3 N–H and O–H groups in total. The van der Waals surface area contributed by atoms with Gasteiger partial charge in [0.05, 0.1) is 11.6 Å². The molecule has 1 saturated heterocycles. The van der Waals surface area contributed by atoms with E-state index in [0.29, 0.717) is 11.9 Å². The minimum atomic E-state index is -4.64. The van der Waals surface area contributed by atoms with E-state index in [4.69, 9.17) is 19.2 Å². The summed E-state index contributed by atoms with van der Waals surface area (Å²) in [5, 5.41) is 1.31. The molecular formula is C19H25N2O5P. The Bertz CT molecular complexity index is 941. The van der Waals surface area contributed by atoms with Crippen LogP contribution in [0.25, 0.3) is 10.9 Å². The summed E-state index contributed by atoms with van der Waals surface area (Å²) in [6, 6.07) is 8.95. The minimum Gasteiger partial charge on any atom is -0.303 e. The van der Waals surface area contributed by atoms with Gasteiger partial charge in [0.2, 0.25) is 5.91 Å². The number of hydrogen-bond donors (Lipinski definition) is 3. The fourth-order valence-electron chi connectivity index (χ4n) is 5.45. The molecule has 1 aromatic heterocycles. The van der Waals surface area contributed by atoms with Crippen LogP contribution in [0.4, 0.5) is 0 Å². The van der Waals surface area contributed by atoms with Gasteiger partial charge in [-0.1, -0.05) is 25.1 Å². The Kier molecular flexibility index (Phi) is 4.56. The fraction of sp³-hybridized carbons (Fsp3) is 0.526. The third-order valence-electron chi connectivity index (χ3n) is 6.45. The number of hydrogen-bond acceptors (Lipinski definition) is 3. The highest BCUT2D eigenvalue weighted by Gasteiger charge is 2.52. The molecule has 4 heterocycles. The first-order valence-corrected chi connectivity index (χ1v) is 11.0. The van der Waals surface area contributed by atoms with Gasteiger partial charge in [0.1, 0.15) is 0 Å². The van der Waals surface area contributed by atoms with Crippen molar-refractivity contribution in [2.45, 2.75) is 45.1 Å². The van der Waals surface area contributed by atoms with Crippen LogP contribution in [0.2, 0.25) is 0 Å². The average Bonchev–Trinajstić information content (AvgIpc) is 2.95. The average molecular weight is 392 g/mol. The van der Waals surface area contributed by atoms with Crippen LogP contribution in [-0.2, 0) is 11.0 Å². The second-order valence-electron chi connectivity index (χ2n) is 7.81. The third-order valence-corrected chi connectivity index (χ3v) is 6.45. The molecular weight excluding hydrogens is 367 g/mol. The smallest absolute Gasteiger partial charge is 0.303 e. The van der Waals surface area contributed by atoms with Crippen LogP contribution in [0.5, 0.6) is 0 Å². The van der Waals surface area contributed by atoms with Gasteiger partial charge in [-0.05, 0) is 43.9 Å². The molecule has 0 spiro atoms. The molecule has 1 aromatic carbocycles. The standard InChI is InChI=1S/C19H22N2O.H3O4P/c1-2-19-9-5-10-20-11-8-14-13-6-3-4-7-15(13)21(16(22)12-19)17(14)18(19)20;1-5(2,3)4/h3-4,6-7,18H,2,5,8-12H2,1H3;(H3,1,2,3,4). The maximum Gasteiger partial charge on any atom is 0.466 e. The predicted molar refractivity (Wildman–Crippen MR) is 101 cm³/mol. The van der Waals surface area contributed by atoms with Gasteiger partial charge in [0.25, 0.3) is 0 Å². The van der Waals surface area contributed by atoms with E-state index >= 15 is 0 Å². The maximum absolute atomic E-state index is 13.0. The number of benzene rings is 1. The summed E-state index contributed by atoms with van der Waals surface area (Å²) in [5.41, 5.74) is 4.10. The molecule has 0 amide bonds. The van der Waals surface area contributed by atoms with Gasteiger partial charge in [-0.25, -0.2) is 4.57 Å². The monoisotopic (exact) mass is 392 g/mol. The molecule has 3 aliphatic rings. The number of para-hydroxylation sites is 1. The van der Waals surface area contributed by atoms with E-state index in [1.807, 2.05) is 0 Å². The summed E-state index contributed by atoms with van der Waals surface area (Å²) in [5.74, 6) is 0.319. The molecule has 0 aliphatic carbocycles. The van der Waals surface area contributed by atoms with Gasteiger partial charge >= 0.3 is 7.82 Å². The van der Waals surface area contributed by atoms with Crippen LogP contribution in [-0.4, -0.2) is 43.1 Å². The molecule has 5 rings (SSSR count). The van der Waals surface area contributed by atoms with Crippen LogP contribution in [0.15, 0.2) is 24.3 Å². The SMILES string of the molecule is CCC12CCCN3CCc4c(n(c5ccccc45)C(=O)C1)C32.O=P(O)(O)O. The van der Waals surface area contributed by atoms with Gasteiger partial charge < -0.3 is 14.7 Å². The predicted octanol–water partition coefficient (Wildman–Crippen LogP) is 2.85. The van der Waals surface area contributed by atoms with Crippen molar-refractivity contribution in [1.82, 2.24) is 9.47 Å². The number of carbonyl (C=O) groups is 1. The summed E-state index contributed by atoms with van der Waals surface area (Å²) >= 11 is 0. The number of carbonyl (C=O) groups excluding carboxylic acids is 1. The van der Waals surface area contributed by atoms with Gasteiger partial charge in [0, 0.05) is 29.5 Å². The quantitative estimate of drug-likeness (QED) is 0.645. The molecule has 7 nitrogen and oxygen atoms in total. The summed E-state index contributed by atoms with van der Waals surface area (Å²) in [7, 11) is -4.64. The maximum atomic E-state index is 13.0. The molecule has 2 unspecified atom stereocenters. The molecule has 27 heavy (non-hydrogen) atoms. The zero-order chi connectivity index (χ0) is 19.4. The summed E-state index contributed by atoms with van der Waals surface area (Å²) in [4.78, 5) is 37.2. The lowest BCUT2D eigenvalue weighted by atomic mass is 9.64. The largest absolute Gasteiger partial charge is 0.466 e. The van der Waals surface area contributed by atoms with Crippen LogP contribution in [0.3, 0.4) is 0 Å². The highest BCUT2D eigenvalue weighted by atomic mass is 31.2. The van der Waals surface area contributed by atoms with Crippen molar-refractivity contribution in [3.8, 4) is 0 Å². The number of rotatable bonds is 1. The van der Waals surface area contributed by atoms with Crippen LogP contribution < -0.4 is 0 Å². The molecule has 0 saturated carbocycles.